The molecular weight excluding hydrogens is 427 g/mol. The Bertz CT molecular complexity index is 880. The summed E-state index contributed by atoms with van der Waals surface area (Å²) in [7, 11) is 0. The molecule has 6 nitrogen and oxygen atoms in total. The molecule has 2 heterocycles. The summed E-state index contributed by atoms with van der Waals surface area (Å²) < 4.78 is 0. The van der Waals surface area contributed by atoms with E-state index in [0.717, 1.165) is 12.8 Å². The number of benzene rings is 1. The summed E-state index contributed by atoms with van der Waals surface area (Å²) in [6, 6.07) is 6.60. The van der Waals surface area contributed by atoms with Crippen molar-refractivity contribution in [3.8, 4) is 0 Å². The van der Waals surface area contributed by atoms with Crippen molar-refractivity contribution in [3.63, 3.8) is 0 Å². The van der Waals surface area contributed by atoms with Gasteiger partial charge in [-0.05, 0) is 56.7 Å². The van der Waals surface area contributed by atoms with Gasteiger partial charge in [0.2, 0.25) is 23.6 Å². The standard InChI is InChI=1S/C22H22Cl2N2O4/c23-11-4-6-15-17(8-11)21(29)25(19(15)27)13-2-1-3-14(10-13)26-20(28)16-7-5-12(24)9-18(16)22(26)30/h1-3,10-12,15-18H,4-9H2. The lowest BCUT2D eigenvalue weighted by Gasteiger charge is -2.24. The second kappa shape index (κ2) is 7.34. The van der Waals surface area contributed by atoms with Gasteiger partial charge < -0.3 is 0 Å². The van der Waals surface area contributed by atoms with Gasteiger partial charge in [-0.3, -0.25) is 19.2 Å². The number of nitrogens with zero attached hydrogens (tertiary/aromatic N) is 2. The predicted molar refractivity (Wildman–Crippen MR) is 112 cm³/mol. The van der Waals surface area contributed by atoms with E-state index in [1.807, 2.05) is 0 Å². The van der Waals surface area contributed by atoms with Crippen LogP contribution in [0.25, 0.3) is 0 Å². The summed E-state index contributed by atoms with van der Waals surface area (Å²) in [5.41, 5.74) is 0.794. The van der Waals surface area contributed by atoms with Crippen LogP contribution in [0.4, 0.5) is 11.4 Å². The first kappa shape index (κ1) is 20.0. The number of imide groups is 2. The van der Waals surface area contributed by atoms with Crippen molar-refractivity contribution in [1.29, 1.82) is 0 Å². The van der Waals surface area contributed by atoms with E-state index in [2.05, 4.69) is 0 Å². The van der Waals surface area contributed by atoms with E-state index in [1.54, 1.807) is 24.3 Å². The fourth-order valence-corrected chi connectivity index (χ4v) is 6.17. The van der Waals surface area contributed by atoms with Gasteiger partial charge in [0.05, 0.1) is 35.0 Å². The quantitative estimate of drug-likeness (QED) is 0.512. The van der Waals surface area contributed by atoms with Gasteiger partial charge in [0.1, 0.15) is 0 Å². The van der Waals surface area contributed by atoms with Gasteiger partial charge in [-0.25, -0.2) is 9.80 Å². The molecule has 6 unspecified atom stereocenters. The third kappa shape index (κ3) is 2.99. The Hall–Kier alpha value is -1.92. The van der Waals surface area contributed by atoms with E-state index >= 15 is 0 Å². The summed E-state index contributed by atoms with van der Waals surface area (Å²) in [6.45, 7) is 0. The van der Waals surface area contributed by atoms with E-state index in [9.17, 15) is 19.2 Å². The topological polar surface area (TPSA) is 74.8 Å². The van der Waals surface area contributed by atoms with Crippen LogP contribution in [0.2, 0.25) is 0 Å². The number of alkyl halides is 2. The number of halogens is 2. The third-order valence-electron chi connectivity index (χ3n) is 7.07. The minimum absolute atomic E-state index is 0.0942. The Kier molecular flexibility index (Phi) is 4.90. The molecule has 4 fully saturated rings. The fraction of sp³-hybridized carbons (Fsp3) is 0.545. The Morgan fingerprint density at radius 1 is 0.633 bits per heavy atom. The highest BCUT2D eigenvalue weighted by Crippen LogP contribution is 2.44. The van der Waals surface area contributed by atoms with Gasteiger partial charge in [0.15, 0.2) is 0 Å². The van der Waals surface area contributed by atoms with Crippen molar-refractivity contribution >= 4 is 58.2 Å². The molecule has 2 saturated heterocycles. The number of hydrogen-bond donors (Lipinski definition) is 0. The van der Waals surface area contributed by atoms with Crippen LogP contribution in [0.15, 0.2) is 24.3 Å². The van der Waals surface area contributed by atoms with E-state index < -0.39 is 11.8 Å². The zero-order valence-corrected chi connectivity index (χ0v) is 17.8. The zero-order valence-electron chi connectivity index (χ0n) is 16.3. The van der Waals surface area contributed by atoms with Crippen LogP contribution in [0, 0.1) is 23.7 Å². The second-order valence-electron chi connectivity index (χ2n) is 8.79. The lowest BCUT2D eigenvalue weighted by molar-refractivity contribution is -0.124. The average molecular weight is 449 g/mol. The van der Waals surface area contributed by atoms with Crippen molar-refractivity contribution in [2.24, 2.45) is 23.7 Å². The van der Waals surface area contributed by atoms with Gasteiger partial charge in [-0.15, -0.1) is 23.2 Å². The van der Waals surface area contributed by atoms with E-state index in [-0.39, 0.29) is 46.2 Å². The number of anilines is 2. The first-order valence-electron chi connectivity index (χ1n) is 10.5. The number of rotatable bonds is 2. The molecule has 8 heteroatoms. The predicted octanol–water partition coefficient (Wildman–Crippen LogP) is 3.48. The molecule has 0 bridgehead atoms. The van der Waals surface area contributed by atoms with Crippen LogP contribution in [0.3, 0.4) is 0 Å². The summed E-state index contributed by atoms with van der Waals surface area (Å²) in [4.78, 5) is 54.3. The van der Waals surface area contributed by atoms with Crippen molar-refractivity contribution in [3.05, 3.63) is 24.3 Å². The molecule has 30 heavy (non-hydrogen) atoms. The molecule has 0 radical (unpaired) electrons. The first-order chi connectivity index (χ1) is 14.4. The smallest absolute Gasteiger partial charge is 0.237 e. The van der Waals surface area contributed by atoms with Crippen LogP contribution in [0.5, 0.6) is 0 Å². The van der Waals surface area contributed by atoms with Gasteiger partial charge in [-0.2, -0.15) is 0 Å². The van der Waals surface area contributed by atoms with Crippen LogP contribution < -0.4 is 9.80 Å². The molecule has 4 amide bonds. The maximum atomic E-state index is 13.0. The number of amides is 4. The number of carbonyl (C=O) groups excluding carboxylic acids is 4. The number of fused-ring (bicyclic) bond motifs is 2. The Balaban J connectivity index is 1.45. The molecule has 6 atom stereocenters. The molecule has 1 aromatic carbocycles. The largest absolute Gasteiger partial charge is 0.274 e. The second-order valence-corrected chi connectivity index (χ2v) is 10.0. The van der Waals surface area contributed by atoms with E-state index in [0.29, 0.717) is 37.1 Å². The monoisotopic (exact) mass is 448 g/mol. The first-order valence-corrected chi connectivity index (χ1v) is 11.4. The maximum Gasteiger partial charge on any atom is 0.237 e. The molecule has 0 N–H and O–H groups in total. The lowest BCUT2D eigenvalue weighted by Crippen LogP contribution is -2.33. The Morgan fingerprint density at radius 3 is 1.47 bits per heavy atom. The molecule has 2 aliphatic heterocycles. The molecule has 2 aliphatic carbocycles. The molecule has 5 rings (SSSR count). The molecule has 158 valence electrons. The van der Waals surface area contributed by atoms with Crippen LogP contribution >= 0.6 is 23.2 Å². The highest BCUT2D eigenvalue weighted by atomic mass is 35.5. The summed E-state index contributed by atoms with van der Waals surface area (Å²) in [6.07, 6.45) is 3.64. The van der Waals surface area contributed by atoms with E-state index in [1.165, 1.54) is 9.80 Å². The highest BCUT2D eigenvalue weighted by molar-refractivity contribution is 6.26. The fourth-order valence-electron chi connectivity index (χ4n) is 5.54. The van der Waals surface area contributed by atoms with Crippen molar-refractivity contribution in [1.82, 2.24) is 0 Å². The maximum absolute atomic E-state index is 13.0. The third-order valence-corrected chi connectivity index (χ3v) is 7.86. The molecule has 0 spiro atoms. The summed E-state index contributed by atoms with van der Waals surface area (Å²) in [5, 5.41) is -0.188. The minimum Gasteiger partial charge on any atom is -0.274 e. The number of hydrogen-bond acceptors (Lipinski definition) is 4. The Labute approximate surface area is 184 Å². The summed E-state index contributed by atoms with van der Waals surface area (Å²) in [5.74, 6) is -2.39. The highest BCUT2D eigenvalue weighted by Gasteiger charge is 2.52. The molecule has 0 aromatic heterocycles. The molecule has 2 saturated carbocycles. The van der Waals surface area contributed by atoms with Gasteiger partial charge in [0.25, 0.3) is 0 Å². The average Bonchev–Trinajstić information content (AvgIpc) is 3.12. The van der Waals surface area contributed by atoms with Crippen LogP contribution in [-0.2, 0) is 19.2 Å². The van der Waals surface area contributed by atoms with E-state index in [4.69, 9.17) is 23.2 Å². The Morgan fingerprint density at radius 2 is 1.03 bits per heavy atom. The van der Waals surface area contributed by atoms with Crippen molar-refractivity contribution in [2.45, 2.75) is 49.3 Å². The normalized spacial score (nSPS) is 36.3. The van der Waals surface area contributed by atoms with Crippen molar-refractivity contribution < 1.29 is 19.2 Å². The van der Waals surface area contributed by atoms with Gasteiger partial charge >= 0.3 is 0 Å². The van der Waals surface area contributed by atoms with Crippen LogP contribution in [0.1, 0.15) is 38.5 Å². The lowest BCUT2D eigenvalue weighted by atomic mass is 9.81. The number of carbonyl (C=O) groups is 4. The van der Waals surface area contributed by atoms with Crippen molar-refractivity contribution in [2.75, 3.05) is 9.80 Å². The minimum atomic E-state index is -0.393. The molecular formula is C22H22Cl2N2O4. The SMILES string of the molecule is O=C1C2CCC(Cl)CC2C(=O)N1c1cccc(N2C(=O)C3CCC(Cl)CC3C2=O)c1. The molecule has 1 aromatic rings. The van der Waals surface area contributed by atoms with Gasteiger partial charge in [0, 0.05) is 10.8 Å². The van der Waals surface area contributed by atoms with Gasteiger partial charge in [-0.1, -0.05) is 6.07 Å². The summed E-state index contributed by atoms with van der Waals surface area (Å²) >= 11 is 12.5. The molecule has 4 aliphatic rings. The van der Waals surface area contributed by atoms with Crippen LogP contribution in [-0.4, -0.2) is 34.4 Å². The zero-order chi connectivity index (χ0) is 21.2.